The summed E-state index contributed by atoms with van der Waals surface area (Å²) in [5, 5.41) is 11.6. The number of anilines is 2. The summed E-state index contributed by atoms with van der Waals surface area (Å²) in [5.74, 6) is -1.51. The second kappa shape index (κ2) is 9.97. The molecule has 2 N–H and O–H groups in total. The lowest BCUT2D eigenvalue weighted by Crippen LogP contribution is -2.38. The van der Waals surface area contributed by atoms with Crippen LogP contribution < -0.4 is 10.2 Å². The Morgan fingerprint density at radius 3 is 2.76 bits per heavy atom. The van der Waals surface area contributed by atoms with Crippen LogP contribution in [0.1, 0.15) is 25.7 Å². The molecule has 1 aromatic carbocycles. The Labute approximate surface area is 185 Å². The molecular weight excluding hydrogens is 460 g/mol. The molecule has 0 saturated heterocycles. The molecule has 2 aromatic rings. The van der Waals surface area contributed by atoms with Crippen molar-refractivity contribution in [2.24, 2.45) is 5.92 Å². The number of aliphatic carboxylic acids is 1. The maximum absolute atomic E-state index is 14.8. The lowest BCUT2D eigenvalue weighted by molar-refractivity contribution is -0.133. The maximum Gasteiger partial charge on any atom is 0.328 e. The predicted octanol–water partition coefficient (Wildman–Crippen LogP) is 5.99. The van der Waals surface area contributed by atoms with E-state index < -0.39 is 17.8 Å². The fourth-order valence-electron chi connectivity index (χ4n) is 3.14. The van der Waals surface area contributed by atoms with Gasteiger partial charge in [0.2, 0.25) is 0 Å². The number of rotatable bonds is 7. The lowest BCUT2D eigenvalue weighted by Gasteiger charge is -2.26. The summed E-state index contributed by atoms with van der Waals surface area (Å²) < 4.78 is 15.4. The van der Waals surface area contributed by atoms with E-state index in [9.17, 15) is 14.0 Å². The number of thiazole rings is 1. The van der Waals surface area contributed by atoms with Crippen molar-refractivity contribution < 1.29 is 19.1 Å². The number of aromatic nitrogens is 1. The number of benzene rings is 1. The number of nitrogens with zero attached hydrogens (tertiary/aromatic N) is 2. The zero-order chi connectivity index (χ0) is 21.0. The first-order valence-corrected chi connectivity index (χ1v) is 11.4. The van der Waals surface area contributed by atoms with Gasteiger partial charge in [0.25, 0.3) is 0 Å². The average molecular weight is 478 g/mol. The van der Waals surface area contributed by atoms with Crippen molar-refractivity contribution >= 4 is 69.1 Å². The number of carbonyl (C=O) groups is 2. The highest BCUT2D eigenvalue weighted by Gasteiger charge is 2.27. The van der Waals surface area contributed by atoms with E-state index >= 15 is 0 Å². The minimum absolute atomic E-state index is 0.0563. The molecular formula is C18H18Cl2FN3O3S2. The summed E-state index contributed by atoms with van der Waals surface area (Å²) in [5.41, 5.74) is 0.0563. The van der Waals surface area contributed by atoms with E-state index in [0.29, 0.717) is 15.9 Å². The van der Waals surface area contributed by atoms with Crippen LogP contribution in [-0.2, 0) is 4.79 Å². The molecule has 2 amide bonds. The van der Waals surface area contributed by atoms with Gasteiger partial charge in [0.05, 0.1) is 31.9 Å². The quantitative estimate of drug-likeness (QED) is 0.377. The molecule has 1 aliphatic carbocycles. The van der Waals surface area contributed by atoms with E-state index in [4.69, 9.17) is 28.3 Å². The molecule has 1 saturated carbocycles. The summed E-state index contributed by atoms with van der Waals surface area (Å²) in [4.78, 5) is 29.1. The van der Waals surface area contributed by atoms with E-state index in [1.54, 1.807) is 0 Å². The van der Waals surface area contributed by atoms with Gasteiger partial charge in [-0.15, -0.1) is 11.8 Å². The number of carboxylic acid groups (broad SMARTS) is 1. The smallest absolute Gasteiger partial charge is 0.328 e. The van der Waals surface area contributed by atoms with Crippen molar-refractivity contribution in [1.29, 1.82) is 0 Å². The second-order valence-corrected chi connectivity index (χ2v) is 9.64. The minimum Gasteiger partial charge on any atom is -0.481 e. The van der Waals surface area contributed by atoms with Crippen LogP contribution in [0.2, 0.25) is 10.0 Å². The zero-order valence-corrected chi connectivity index (χ0v) is 18.3. The highest BCUT2D eigenvalue weighted by molar-refractivity contribution is 8.01. The molecule has 29 heavy (non-hydrogen) atoms. The largest absolute Gasteiger partial charge is 0.481 e. The van der Waals surface area contributed by atoms with Crippen molar-refractivity contribution in [3.8, 4) is 0 Å². The summed E-state index contributed by atoms with van der Waals surface area (Å²) in [6.45, 7) is 0.354. The number of hydrogen-bond donors (Lipinski definition) is 2. The highest BCUT2D eigenvalue weighted by atomic mass is 35.5. The number of carbonyl (C=O) groups excluding carboxylic acids is 1. The van der Waals surface area contributed by atoms with E-state index in [2.05, 4.69) is 10.3 Å². The first-order chi connectivity index (χ1) is 13.8. The third kappa shape index (κ3) is 5.75. The third-order valence-electron chi connectivity index (χ3n) is 4.50. The van der Waals surface area contributed by atoms with Crippen molar-refractivity contribution in [3.05, 3.63) is 34.2 Å². The lowest BCUT2D eigenvalue weighted by atomic mass is 10.1. The van der Waals surface area contributed by atoms with Crippen LogP contribution in [0.15, 0.2) is 22.5 Å². The first kappa shape index (κ1) is 22.1. The molecule has 0 atom stereocenters. The average Bonchev–Trinajstić information content (AvgIpc) is 3.35. The molecule has 6 nitrogen and oxygen atoms in total. The van der Waals surface area contributed by atoms with Gasteiger partial charge in [0, 0.05) is 6.54 Å². The molecule has 0 unspecified atom stereocenters. The predicted molar refractivity (Wildman–Crippen MR) is 115 cm³/mol. The van der Waals surface area contributed by atoms with Crippen LogP contribution >= 0.6 is 46.3 Å². The monoisotopic (exact) mass is 477 g/mol. The molecule has 3 rings (SSSR count). The molecule has 11 heteroatoms. The number of halogens is 3. The molecule has 156 valence electrons. The Hall–Kier alpha value is -1.55. The van der Waals surface area contributed by atoms with Gasteiger partial charge >= 0.3 is 12.0 Å². The van der Waals surface area contributed by atoms with Crippen LogP contribution in [0.4, 0.5) is 20.0 Å². The molecule has 1 heterocycles. The van der Waals surface area contributed by atoms with Gasteiger partial charge in [-0.2, -0.15) is 0 Å². The van der Waals surface area contributed by atoms with Crippen LogP contribution in [0.25, 0.3) is 0 Å². The number of thioether (sulfide) groups is 1. The molecule has 1 fully saturated rings. The Bertz CT molecular complexity index is 906. The van der Waals surface area contributed by atoms with Gasteiger partial charge in [0.15, 0.2) is 10.9 Å². The first-order valence-electron chi connectivity index (χ1n) is 8.87. The number of amides is 2. The van der Waals surface area contributed by atoms with Crippen molar-refractivity contribution in [2.75, 3.05) is 22.5 Å². The van der Waals surface area contributed by atoms with Gasteiger partial charge in [-0.1, -0.05) is 47.4 Å². The number of urea groups is 1. The van der Waals surface area contributed by atoms with Gasteiger partial charge in [-0.25, -0.2) is 14.2 Å². The van der Waals surface area contributed by atoms with Crippen LogP contribution in [0, 0.1) is 11.7 Å². The Morgan fingerprint density at radius 1 is 1.34 bits per heavy atom. The number of carboxylic acids is 1. The second-order valence-electron chi connectivity index (χ2n) is 6.55. The highest BCUT2D eigenvalue weighted by Crippen LogP contribution is 2.35. The van der Waals surface area contributed by atoms with Gasteiger partial charge in [0.1, 0.15) is 0 Å². The zero-order valence-electron chi connectivity index (χ0n) is 15.2. The fourth-order valence-corrected chi connectivity index (χ4v) is 5.03. The fraction of sp³-hybridized carbons (Fsp3) is 0.389. The summed E-state index contributed by atoms with van der Waals surface area (Å²) in [7, 11) is 0. The maximum atomic E-state index is 14.8. The normalized spacial score (nSPS) is 14.2. The van der Waals surface area contributed by atoms with Gasteiger partial charge in [-0.3, -0.25) is 15.0 Å². The third-order valence-corrected chi connectivity index (χ3v) is 7.38. The minimum atomic E-state index is -0.938. The van der Waals surface area contributed by atoms with Gasteiger partial charge < -0.3 is 5.11 Å². The van der Waals surface area contributed by atoms with Gasteiger partial charge in [-0.05, 0) is 30.9 Å². The standard InChI is InChI=1S/C18H18Cl2FN3O3S2/c19-11-5-6-12(16(21)15(11)20)24(8-10-3-1-2-4-10)18(27)23-17-22-7-14(29-17)28-9-13(25)26/h5-7,10H,1-4,8-9H2,(H,25,26)(H,22,23,27). The van der Waals surface area contributed by atoms with Crippen LogP contribution in [0.3, 0.4) is 0 Å². The van der Waals surface area contributed by atoms with Crippen molar-refractivity contribution in [2.45, 2.75) is 29.9 Å². The Balaban J connectivity index is 1.79. The topological polar surface area (TPSA) is 82.5 Å². The summed E-state index contributed by atoms with van der Waals surface area (Å²) >= 11 is 14.1. The Morgan fingerprint density at radius 2 is 2.07 bits per heavy atom. The molecule has 1 aromatic heterocycles. The van der Waals surface area contributed by atoms with Crippen LogP contribution in [-0.4, -0.2) is 34.4 Å². The molecule has 0 aliphatic heterocycles. The van der Waals surface area contributed by atoms with E-state index in [-0.39, 0.29) is 27.4 Å². The summed E-state index contributed by atoms with van der Waals surface area (Å²) in [6, 6.07) is 2.37. The van der Waals surface area contributed by atoms with E-state index in [0.717, 1.165) is 48.8 Å². The number of hydrogen-bond acceptors (Lipinski definition) is 5. The van der Waals surface area contributed by atoms with Crippen LogP contribution in [0.5, 0.6) is 0 Å². The van der Waals surface area contributed by atoms with Crippen molar-refractivity contribution in [3.63, 3.8) is 0 Å². The molecule has 0 radical (unpaired) electrons. The SMILES string of the molecule is O=C(O)CSc1cnc(NC(=O)N(CC2CCCC2)c2ccc(Cl)c(Cl)c2F)s1. The van der Waals surface area contributed by atoms with Crippen molar-refractivity contribution in [1.82, 2.24) is 4.98 Å². The molecule has 1 aliphatic rings. The number of nitrogens with one attached hydrogen (secondary N) is 1. The molecule has 0 bridgehead atoms. The Kier molecular flexibility index (Phi) is 7.61. The summed E-state index contributed by atoms with van der Waals surface area (Å²) in [6.07, 6.45) is 5.61. The molecule has 0 spiro atoms. The van der Waals surface area contributed by atoms with E-state index in [1.165, 1.54) is 23.2 Å². The van der Waals surface area contributed by atoms with E-state index in [1.807, 2.05) is 0 Å².